The van der Waals surface area contributed by atoms with E-state index in [1.165, 1.54) is 12.0 Å². The zero-order valence-corrected chi connectivity index (χ0v) is 11.3. The van der Waals surface area contributed by atoms with E-state index in [2.05, 4.69) is 17.0 Å². The number of methoxy groups -OCH3 is 1. The highest BCUT2D eigenvalue weighted by Crippen LogP contribution is 2.32. The molecule has 4 heteroatoms. The molecule has 19 heavy (non-hydrogen) atoms. The fraction of sp³-hybridized carbons (Fsp3) is 0.533. The van der Waals surface area contributed by atoms with Crippen molar-refractivity contribution in [2.75, 3.05) is 20.2 Å². The standard InChI is InChI=1S/C15H21NO3/c1-19-13-6-4-5-12(11-13)14-7-2-3-9-16(14)10-8-15(17)18/h4-6,11,14H,2-3,7-10H2,1H3,(H,17,18). The number of hydrogen-bond acceptors (Lipinski definition) is 3. The number of hydrogen-bond donors (Lipinski definition) is 1. The second-order valence-electron chi connectivity index (χ2n) is 4.97. The van der Waals surface area contributed by atoms with Gasteiger partial charge in [0.05, 0.1) is 13.5 Å². The van der Waals surface area contributed by atoms with Crippen LogP contribution in [-0.4, -0.2) is 36.2 Å². The van der Waals surface area contributed by atoms with Crippen molar-refractivity contribution in [2.45, 2.75) is 31.7 Å². The van der Waals surface area contributed by atoms with Gasteiger partial charge in [-0.15, -0.1) is 0 Å². The maximum atomic E-state index is 10.7. The van der Waals surface area contributed by atoms with Gasteiger partial charge in [0.1, 0.15) is 5.75 Å². The molecular formula is C15H21NO3. The van der Waals surface area contributed by atoms with Gasteiger partial charge >= 0.3 is 5.97 Å². The zero-order chi connectivity index (χ0) is 13.7. The van der Waals surface area contributed by atoms with Gasteiger partial charge in [-0.3, -0.25) is 9.69 Å². The molecule has 0 aromatic heterocycles. The molecule has 0 spiro atoms. The van der Waals surface area contributed by atoms with E-state index in [1.807, 2.05) is 12.1 Å². The average molecular weight is 263 g/mol. The molecule has 0 aliphatic carbocycles. The minimum absolute atomic E-state index is 0.209. The third-order valence-electron chi connectivity index (χ3n) is 3.71. The Kier molecular flexibility index (Phi) is 4.80. The Morgan fingerprint density at radius 2 is 2.32 bits per heavy atom. The van der Waals surface area contributed by atoms with Gasteiger partial charge in [0.25, 0.3) is 0 Å². The summed E-state index contributed by atoms with van der Waals surface area (Å²) in [5.74, 6) is 0.135. The van der Waals surface area contributed by atoms with E-state index >= 15 is 0 Å². The van der Waals surface area contributed by atoms with E-state index in [9.17, 15) is 4.79 Å². The van der Waals surface area contributed by atoms with Gasteiger partial charge in [-0.05, 0) is 37.1 Å². The fourth-order valence-electron chi connectivity index (χ4n) is 2.72. The second kappa shape index (κ2) is 6.57. The van der Waals surface area contributed by atoms with E-state index in [4.69, 9.17) is 9.84 Å². The van der Waals surface area contributed by atoms with Gasteiger partial charge in [-0.2, -0.15) is 0 Å². The molecule has 1 fully saturated rings. The third-order valence-corrected chi connectivity index (χ3v) is 3.71. The van der Waals surface area contributed by atoms with Gasteiger partial charge < -0.3 is 9.84 Å². The molecule has 1 unspecified atom stereocenters. The second-order valence-corrected chi connectivity index (χ2v) is 4.97. The number of piperidine rings is 1. The summed E-state index contributed by atoms with van der Waals surface area (Å²) in [6.07, 6.45) is 3.65. The number of rotatable bonds is 5. The molecule has 0 saturated carbocycles. The number of likely N-dealkylation sites (tertiary alicyclic amines) is 1. The van der Waals surface area contributed by atoms with E-state index < -0.39 is 5.97 Å². The van der Waals surface area contributed by atoms with Crippen LogP contribution in [0.25, 0.3) is 0 Å². The maximum absolute atomic E-state index is 10.7. The molecule has 0 bridgehead atoms. The summed E-state index contributed by atoms with van der Waals surface area (Å²) >= 11 is 0. The van der Waals surface area contributed by atoms with E-state index in [-0.39, 0.29) is 6.42 Å². The smallest absolute Gasteiger partial charge is 0.304 e. The largest absolute Gasteiger partial charge is 0.497 e. The van der Waals surface area contributed by atoms with E-state index in [0.717, 1.165) is 25.1 Å². The lowest BCUT2D eigenvalue weighted by molar-refractivity contribution is -0.137. The fourth-order valence-corrected chi connectivity index (χ4v) is 2.72. The van der Waals surface area contributed by atoms with Gasteiger partial charge in [-0.1, -0.05) is 18.6 Å². The zero-order valence-electron chi connectivity index (χ0n) is 11.3. The molecule has 1 N–H and O–H groups in total. The summed E-state index contributed by atoms with van der Waals surface area (Å²) in [7, 11) is 1.67. The minimum Gasteiger partial charge on any atom is -0.497 e. The van der Waals surface area contributed by atoms with Crippen LogP contribution in [0.4, 0.5) is 0 Å². The Balaban J connectivity index is 2.11. The lowest BCUT2D eigenvalue weighted by Crippen LogP contribution is -2.35. The van der Waals surface area contributed by atoms with Crippen LogP contribution in [0.3, 0.4) is 0 Å². The van der Waals surface area contributed by atoms with Crippen LogP contribution < -0.4 is 4.74 Å². The molecule has 4 nitrogen and oxygen atoms in total. The number of ether oxygens (including phenoxy) is 1. The Labute approximate surface area is 114 Å². The van der Waals surface area contributed by atoms with Crippen molar-refractivity contribution >= 4 is 5.97 Å². The summed E-state index contributed by atoms with van der Waals surface area (Å²) < 4.78 is 5.27. The predicted molar refractivity (Wildman–Crippen MR) is 73.4 cm³/mol. The van der Waals surface area contributed by atoms with Crippen LogP contribution >= 0.6 is 0 Å². The number of carboxylic acid groups (broad SMARTS) is 1. The minimum atomic E-state index is -0.727. The molecular weight excluding hydrogens is 242 g/mol. The molecule has 1 aromatic rings. The van der Waals surface area contributed by atoms with Crippen molar-refractivity contribution < 1.29 is 14.6 Å². The van der Waals surface area contributed by atoms with Crippen molar-refractivity contribution in [3.63, 3.8) is 0 Å². The predicted octanol–water partition coefficient (Wildman–Crippen LogP) is 2.70. The van der Waals surface area contributed by atoms with Gasteiger partial charge in [-0.25, -0.2) is 0 Å². The Morgan fingerprint density at radius 3 is 3.05 bits per heavy atom. The van der Waals surface area contributed by atoms with Crippen molar-refractivity contribution in [1.29, 1.82) is 0 Å². The van der Waals surface area contributed by atoms with Crippen LogP contribution in [0.5, 0.6) is 5.75 Å². The Hall–Kier alpha value is -1.55. The van der Waals surface area contributed by atoms with Gasteiger partial charge in [0.2, 0.25) is 0 Å². The van der Waals surface area contributed by atoms with E-state index in [1.54, 1.807) is 7.11 Å². The van der Waals surface area contributed by atoms with Crippen LogP contribution in [0.1, 0.15) is 37.3 Å². The molecule has 104 valence electrons. The molecule has 1 aliphatic rings. The first-order chi connectivity index (χ1) is 9.20. The molecule has 2 rings (SSSR count). The first-order valence-corrected chi connectivity index (χ1v) is 6.80. The molecule has 1 atom stereocenters. The number of benzene rings is 1. The van der Waals surface area contributed by atoms with E-state index in [0.29, 0.717) is 12.6 Å². The number of nitrogens with zero attached hydrogens (tertiary/aromatic N) is 1. The number of carbonyl (C=O) groups is 1. The number of aliphatic carboxylic acids is 1. The van der Waals surface area contributed by atoms with Crippen molar-refractivity contribution in [3.8, 4) is 5.75 Å². The highest BCUT2D eigenvalue weighted by molar-refractivity contribution is 5.66. The first kappa shape index (κ1) is 13.9. The quantitative estimate of drug-likeness (QED) is 0.887. The summed E-state index contributed by atoms with van der Waals surface area (Å²) in [4.78, 5) is 13.0. The topological polar surface area (TPSA) is 49.8 Å². The molecule has 1 saturated heterocycles. The summed E-state index contributed by atoms with van der Waals surface area (Å²) in [5.41, 5.74) is 1.23. The van der Waals surface area contributed by atoms with Gasteiger partial charge in [0, 0.05) is 12.6 Å². The summed E-state index contributed by atoms with van der Waals surface area (Å²) in [5, 5.41) is 8.84. The lowest BCUT2D eigenvalue weighted by Gasteiger charge is -2.35. The molecule has 0 radical (unpaired) electrons. The van der Waals surface area contributed by atoms with Crippen LogP contribution in [0.2, 0.25) is 0 Å². The van der Waals surface area contributed by atoms with Crippen molar-refractivity contribution in [2.24, 2.45) is 0 Å². The molecule has 1 aliphatic heterocycles. The third kappa shape index (κ3) is 3.70. The normalized spacial score (nSPS) is 20.2. The monoisotopic (exact) mass is 263 g/mol. The molecule has 1 heterocycles. The van der Waals surface area contributed by atoms with Gasteiger partial charge in [0.15, 0.2) is 0 Å². The summed E-state index contributed by atoms with van der Waals surface area (Å²) in [6.45, 7) is 1.60. The molecule has 0 amide bonds. The SMILES string of the molecule is COc1cccc(C2CCCCN2CCC(=O)O)c1. The average Bonchev–Trinajstić information content (AvgIpc) is 2.45. The Morgan fingerprint density at radius 1 is 1.47 bits per heavy atom. The lowest BCUT2D eigenvalue weighted by atomic mass is 9.95. The highest BCUT2D eigenvalue weighted by Gasteiger charge is 2.24. The maximum Gasteiger partial charge on any atom is 0.304 e. The highest BCUT2D eigenvalue weighted by atomic mass is 16.5. The van der Waals surface area contributed by atoms with Crippen LogP contribution in [0, 0.1) is 0 Å². The first-order valence-electron chi connectivity index (χ1n) is 6.80. The number of carboxylic acids is 1. The van der Waals surface area contributed by atoms with Crippen LogP contribution in [0.15, 0.2) is 24.3 Å². The van der Waals surface area contributed by atoms with Crippen molar-refractivity contribution in [3.05, 3.63) is 29.8 Å². The van der Waals surface area contributed by atoms with Crippen molar-refractivity contribution in [1.82, 2.24) is 4.90 Å². The summed E-state index contributed by atoms with van der Waals surface area (Å²) in [6, 6.07) is 8.42. The molecule has 1 aromatic carbocycles. The van der Waals surface area contributed by atoms with Crippen LogP contribution in [-0.2, 0) is 4.79 Å². The Bertz CT molecular complexity index is 433.